The van der Waals surface area contributed by atoms with Crippen molar-refractivity contribution in [2.75, 3.05) is 12.4 Å². The van der Waals surface area contributed by atoms with Crippen LogP contribution in [0.15, 0.2) is 24.3 Å². The van der Waals surface area contributed by atoms with Gasteiger partial charge in [-0.05, 0) is 37.0 Å². The molecule has 0 aliphatic heterocycles. The Morgan fingerprint density at radius 2 is 2.10 bits per heavy atom. The number of halogens is 3. The van der Waals surface area contributed by atoms with E-state index in [1.807, 2.05) is 24.3 Å². The minimum absolute atomic E-state index is 0.104. The molecule has 0 bridgehead atoms. The predicted molar refractivity (Wildman–Crippen MR) is 72.6 cm³/mol. The summed E-state index contributed by atoms with van der Waals surface area (Å²) >= 11 is 0. The van der Waals surface area contributed by atoms with E-state index in [4.69, 9.17) is 4.74 Å². The van der Waals surface area contributed by atoms with Gasteiger partial charge < -0.3 is 10.1 Å². The van der Waals surface area contributed by atoms with E-state index in [2.05, 4.69) is 5.32 Å². The first-order chi connectivity index (χ1) is 9.49. The van der Waals surface area contributed by atoms with Crippen molar-refractivity contribution in [3.8, 4) is 0 Å². The maximum Gasteiger partial charge on any atom is 0.391 e. The minimum Gasteiger partial charge on any atom is -0.382 e. The number of alkyl halides is 3. The molecule has 112 valence electrons. The number of hydrogen-bond donors (Lipinski definition) is 1. The van der Waals surface area contributed by atoms with Gasteiger partial charge in [0, 0.05) is 18.8 Å². The molecule has 1 aliphatic rings. The molecule has 0 aromatic heterocycles. The van der Waals surface area contributed by atoms with Crippen LogP contribution >= 0.6 is 0 Å². The van der Waals surface area contributed by atoms with Gasteiger partial charge in [-0.1, -0.05) is 18.6 Å². The van der Waals surface area contributed by atoms with Crippen LogP contribution in [-0.2, 0) is 11.3 Å². The Kier molecular flexibility index (Phi) is 4.91. The number of benzene rings is 1. The highest BCUT2D eigenvalue weighted by molar-refractivity contribution is 5.46. The molecule has 2 unspecified atom stereocenters. The van der Waals surface area contributed by atoms with E-state index >= 15 is 0 Å². The average molecular weight is 287 g/mol. The highest BCUT2D eigenvalue weighted by atomic mass is 19.4. The van der Waals surface area contributed by atoms with E-state index in [9.17, 15) is 13.2 Å². The standard InChI is InChI=1S/C15H20F3NO/c1-20-10-11-4-2-6-13(8-11)19-14-7-3-5-12(9-14)15(16,17)18/h2,4,6,8,12,14,19H,3,5,7,9-10H2,1H3. The van der Waals surface area contributed by atoms with Crippen molar-refractivity contribution in [1.29, 1.82) is 0 Å². The summed E-state index contributed by atoms with van der Waals surface area (Å²) in [6.07, 6.45) is -2.23. The zero-order valence-electron chi connectivity index (χ0n) is 11.5. The third kappa shape index (κ3) is 4.13. The molecular weight excluding hydrogens is 267 g/mol. The van der Waals surface area contributed by atoms with Gasteiger partial charge in [0.05, 0.1) is 12.5 Å². The Morgan fingerprint density at radius 1 is 1.30 bits per heavy atom. The third-order valence-electron chi connectivity index (χ3n) is 3.75. The van der Waals surface area contributed by atoms with Crippen molar-refractivity contribution < 1.29 is 17.9 Å². The second-order valence-electron chi connectivity index (χ2n) is 5.38. The van der Waals surface area contributed by atoms with Crippen molar-refractivity contribution in [3.63, 3.8) is 0 Å². The molecule has 1 aliphatic carbocycles. The van der Waals surface area contributed by atoms with Crippen molar-refractivity contribution in [2.45, 2.75) is 44.5 Å². The number of hydrogen-bond acceptors (Lipinski definition) is 2. The third-order valence-corrected chi connectivity index (χ3v) is 3.75. The summed E-state index contributed by atoms with van der Waals surface area (Å²) in [5.41, 5.74) is 1.88. The lowest BCUT2D eigenvalue weighted by atomic mass is 9.85. The lowest BCUT2D eigenvalue weighted by Crippen LogP contribution is -2.34. The van der Waals surface area contributed by atoms with Gasteiger partial charge in [0.1, 0.15) is 0 Å². The largest absolute Gasteiger partial charge is 0.391 e. The SMILES string of the molecule is COCc1cccc(NC2CCCC(C(F)(F)F)C2)c1. The number of anilines is 1. The molecule has 0 saturated heterocycles. The van der Waals surface area contributed by atoms with Crippen LogP contribution in [0.1, 0.15) is 31.2 Å². The van der Waals surface area contributed by atoms with Gasteiger partial charge in [-0.15, -0.1) is 0 Å². The Morgan fingerprint density at radius 3 is 2.80 bits per heavy atom. The molecular formula is C15H20F3NO. The van der Waals surface area contributed by atoms with Crippen LogP contribution in [0, 0.1) is 5.92 Å². The second kappa shape index (κ2) is 6.48. The molecule has 5 heteroatoms. The fourth-order valence-electron chi connectivity index (χ4n) is 2.77. The Labute approximate surface area is 117 Å². The monoisotopic (exact) mass is 287 g/mol. The second-order valence-corrected chi connectivity index (χ2v) is 5.38. The van der Waals surface area contributed by atoms with Crippen molar-refractivity contribution in [2.24, 2.45) is 5.92 Å². The van der Waals surface area contributed by atoms with Gasteiger partial charge in [-0.2, -0.15) is 13.2 Å². The summed E-state index contributed by atoms with van der Waals surface area (Å²) in [4.78, 5) is 0. The van der Waals surface area contributed by atoms with Crippen LogP contribution < -0.4 is 5.32 Å². The van der Waals surface area contributed by atoms with Crippen LogP contribution in [0.5, 0.6) is 0 Å². The van der Waals surface area contributed by atoms with E-state index in [-0.39, 0.29) is 18.9 Å². The fourth-order valence-corrected chi connectivity index (χ4v) is 2.77. The first-order valence-corrected chi connectivity index (χ1v) is 6.90. The maximum atomic E-state index is 12.8. The highest BCUT2D eigenvalue weighted by Gasteiger charge is 2.42. The summed E-state index contributed by atoms with van der Waals surface area (Å²) in [6.45, 7) is 0.505. The Balaban J connectivity index is 1.97. The number of rotatable bonds is 4. The molecule has 20 heavy (non-hydrogen) atoms. The van der Waals surface area contributed by atoms with E-state index in [1.165, 1.54) is 0 Å². The zero-order valence-corrected chi connectivity index (χ0v) is 11.5. The Hall–Kier alpha value is -1.23. The summed E-state index contributed by atoms with van der Waals surface area (Å²) < 4.78 is 43.4. The number of ether oxygens (including phenoxy) is 1. The smallest absolute Gasteiger partial charge is 0.382 e. The van der Waals surface area contributed by atoms with Crippen LogP contribution in [0.25, 0.3) is 0 Å². The number of nitrogens with one attached hydrogen (secondary N) is 1. The van der Waals surface area contributed by atoms with Crippen LogP contribution in [-0.4, -0.2) is 19.3 Å². The molecule has 1 aromatic carbocycles. The van der Waals surface area contributed by atoms with Gasteiger partial charge in [0.15, 0.2) is 0 Å². The maximum absolute atomic E-state index is 12.8. The summed E-state index contributed by atoms with van der Waals surface area (Å²) in [7, 11) is 1.62. The van der Waals surface area contributed by atoms with Gasteiger partial charge in [0.25, 0.3) is 0 Å². The van der Waals surface area contributed by atoms with Crippen LogP contribution in [0.2, 0.25) is 0 Å². The number of methoxy groups -OCH3 is 1. The molecule has 1 N–H and O–H groups in total. The summed E-state index contributed by atoms with van der Waals surface area (Å²) in [5, 5.41) is 3.23. The van der Waals surface area contributed by atoms with E-state index < -0.39 is 12.1 Å². The zero-order chi connectivity index (χ0) is 14.6. The molecule has 1 saturated carbocycles. The summed E-state index contributed by atoms with van der Waals surface area (Å²) in [5.74, 6) is -1.17. The lowest BCUT2D eigenvalue weighted by molar-refractivity contribution is -0.182. The van der Waals surface area contributed by atoms with E-state index in [0.29, 0.717) is 13.0 Å². The topological polar surface area (TPSA) is 21.3 Å². The van der Waals surface area contributed by atoms with Crippen molar-refractivity contribution in [1.82, 2.24) is 0 Å². The fraction of sp³-hybridized carbons (Fsp3) is 0.600. The highest BCUT2D eigenvalue weighted by Crippen LogP contribution is 2.38. The van der Waals surface area contributed by atoms with E-state index in [0.717, 1.165) is 17.7 Å². The van der Waals surface area contributed by atoms with Gasteiger partial charge in [-0.3, -0.25) is 0 Å². The normalized spacial score (nSPS) is 23.6. The lowest BCUT2D eigenvalue weighted by Gasteiger charge is -2.31. The van der Waals surface area contributed by atoms with Gasteiger partial charge >= 0.3 is 6.18 Å². The van der Waals surface area contributed by atoms with Gasteiger partial charge in [-0.25, -0.2) is 0 Å². The van der Waals surface area contributed by atoms with Crippen LogP contribution in [0.4, 0.5) is 18.9 Å². The predicted octanol–water partition coefficient (Wildman–Crippen LogP) is 4.37. The quantitative estimate of drug-likeness (QED) is 0.888. The first-order valence-electron chi connectivity index (χ1n) is 6.90. The molecule has 2 nitrogen and oxygen atoms in total. The molecule has 2 atom stereocenters. The average Bonchev–Trinajstić information content (AvgIpc) is 2.39. The molecule has 1 fully saturated rings. The van der Waals surface area contributed by atoms with E-state index in [1.54, 1.807) is 7.11 Å². The molecule has 2 rings (SSSR count). The van der Waals surface area contributed by atoms with Crippen molar-refractivity contribution in [3.05, 3.63) is 29.8 Å². The first kappa shape index (κ1) is 15.2. The molecule has 0 amide bonds. The molecule has 0 spiro atoms. The molecule has 0 heterocycles. The van der Waals surface area contributed by atoms with Crippen molar-refractivity contribution >= 4 is 5.69 Å². The molecule has 1 aromatic rings. The Bertz CT molecular complexity index is 433. The van der Waals surface area contributed by atoms with Gasteiger partial charge in [0.2, 0.25) is 0 Å². The molecule has 0 radical (unpaired) electrons. The van der Waals surface area contributed by atoms with Crippen LogP contribution in [0.3, 0.4) is 0 Å². The summed E-state index contributed by atoms with van der Waals surface area (Å²) in [6, 6.07) is 7.54. The minimum atomic E-state index is -4.07.